The number of hydrogen-bond donors (Lipinski definition) is 0. The molecule has 1 saturated heterocycles. The van der Waals surface area contributed by atoms with Crippen molar-refractivity contribution in [2.75, 3.05) is 26.3 Å². The molecule has 6 rings (SSSR count). The first-order valence-electron chi connectivity index (χ1n) is 10.8. The Balaban J connectivity index is 1.13. The summed E-state index contributed by atoms with van der Waals surface area (Å²) in [5.74, 6) is 2.22. The molecule has 4 aromatic rings. The Hall–Kier alpha value is -3.39. The Morgan fingerprint density at radius 2 is 1.81 bits per heavy atom. The SMILES string of the molecule is O=C(c1cc(-c2ccc3c(c2)OCCO3)on1)N1CCC(c2nc3ccccc3s2)CC1. The third-order valence-corrected chi connectivity index (χ3v) is 7.20. The van der Waals surface area contributed by atoms with Gasteiger partial charge in [-0.1, -0.05) is 17.3 Å². The fourth-order valence-corrected chi connectivity index (χ4v) is 5.40. The van der Waals surface area contributed by atoms with E-state index in [1.165, 1.54) is 9.71 Å². The van der Waals surface area contributed by atoms with E-state index in [-0.39, 0.29) is 5.91 Å². The van der Waals surface area contributed by atoms with Crippen molar-refractivity contribution in [3.05, 3.63) is 59.2 Å². The standard InChI is InChI=1S/C24H21N3O4S/c28-24(18-14-20(31-26-18)16-5-6-19-21(13-16)30-12-11-29-19)27-9-7-15(8-10-27)23-25-17-3-1-2-4-22(17)32-23/h1-6,13-15H,7-12H2. The zero-order valence-corrected chi connectivity index (χ0v) is 18.1. The van der Waals surface area contributed by atoms with Crippen molar-refractivity contribution >= 4 is 27.5 Å². The predicted molar refractivity (Wildman–Crippen MR) is 120 cm³/mol. The van der Waals surface area contributed by atoms with Crippen LogP contribution in [-0.4, -0.2) is 47.3 Å². The van der Waals surface area contributed by atoms with E-state index >= 15 is 0 Å². The second kappa shape index (κ2) is 7.94. The fraction of sp³-hybridized carbons (Fsp3) is 0.292. The van der Waals surface area contributed by atoms with Crippen molar-refractivity contribution in [2.45, 2.75) is 18.8 Å². The highest BCUT2D eigenvalue weighted by molar-refractivity contribution is 7.18. The molecule has 0 bridgehead atoms. The Bertz CT molecular complexity index is 1260. The number of para-hydroxylation sites is 1. The van der Waals surface area contributed by atoms with Crippen LogP contribution in [0.3, 0.4) is 0 Å². The van der Waals surface area contributed by atoms with E-state index in [1.807, 2.05) is 35.2 Å². The summed E-state index contributed by atoms with van der Waals surface area (Å²) < 4.78 is 17.9. The molecule has 1 amide bonds. The van der Waals surface area contributed by atoms with Gasteiger partial charge in [0.2, 0.25) is 0 Å². The second-order valence-electron chi connectivity index (χ2n) is 8.02. The molecule has 0 spiro atoms. The number of thiazole rings is 1. The first kappa shape index (κ1) is 19.3. The third kappa shape index (κ3) is 3.50. The van der Waals surface area contributed by atoms with Crippen LogP contribution in [0.15, 0.2) is 53.1 Å². The number of amides is 1. The summed E-state index contributed by atoms with van der Waals surface area (Å²) in [5.41, 5.74) is 2.18. The average molecular weight is 448 g/mol. The molecule has 0 atom stereocenters. The molecule has 0 aliphatic carbocycles. The number of aromatic nitrogens is 2. The lowest BCUT2D eigenvalue weighted by atomic mass is 9.97. The zero-order chi connectivity index (χ0) is 21.5. The molecular formula is C24H21N3O4S. The van der Waals surface area contributed by atoms with Crippen LogP contribution in [0, 0.1) is 0 Å². The van der Waals surface area contributed by atoms with Crippen LogP contribution in [0.4, 0.5) is 0 Å². The lowest BCUT2D eigenvalue weighted by molar-refractivity contribution is 0.0702. The number of likely N-dealkylation sites (tertiary alicyclic amines) is 1. The normalized spacial score (nSPS) is 16.4. The number of hydrogen-bond acceptors (Lipinski definition) is 7. The van der Waals surface area contributed by atoms with Gasteiger partial charge in [0.05, 0.1) is 15.2 Å². The highest BCUT2D eigenvalue weighted by Gasteiger charge is 2.28. The van der Waals surface area contributed by atoms with Gasteiger partial charge >= 0.3 is 0 Å². The minimum Gasteiger partial charge on any atom is -0.486 e. The quantitative estimate of drug-likeness (QED) is 0.451. The molecule has 1 fully saturated rings. The van der Waals surface area contributed by atoms with Crippen molar-refractivity contribution in [1.29, 1.82) is 0 Å². The van der Waals surface area contributed by atoms with E-state index in [4.69, 9.17) is 19.0 Å². The fourth-order valence-electron chi connectivity index (χ4n) is 4.26. The number of carbonyl (C=O) groups excluding carboxylic acids is 1. The van der Waals surface area contributed by atoms with Crippen molar-refractivity contribution in [3.8, 4) is 22.8 Å². The van der Waals surface area contributed by atoms with Gasteiger partial charge in [-0.05, 0) is 43.2 Å². The summed E-state index contributed by atoms with van der Waals surface area (Å²) in [7, 11) is 0. The van der Waals surface area contributed by atoms with Crippen molar-refractivity contribution in [3.63, 3.8) is 0 Å². The molecule has 4 heterocycles. The number of piperidine rings is 1. The second-order valence-corrected chi connectivity index (χ2v) is 9.08. The van der Waals surface area contributed by atoms with Gasteiger partial charge in [0, 0.05) is 30.6 Å². The van der Waals surface area contributed by atoms with Crippen LogP contribution in [0.5, 0.6) is 11.5 Å². The van der Waals surface area contributed by atoms with E-state index < -0.39 is 0 Å². The largest absolute Gasteiger partial charge is 0.486 e. The molecule has 32 heavy (non-hydrogen) atoms. The molecule has 162 valence electrons. The zero-order valence-electron chi connectivity index (χ0n) is 17.3. The minimum atomic E-state index is -0.0970. The molecule has 2 aliphatic rings. The number of carbonyl (C=O) groups is 1. The Kier molecular flexibility index (Phi) is 4.79. The summed E-state index contributed by atoms with van der Waals surface area (Å²) in [6, 6.07) is 15.5. The van der Waals surface area contributed by atoms with Crippen LogP contribution in [-0.2, 0) is 0 Å². The molecule has 0 unspecified atom stereocenters. The highest BCUT2D eigenvalue weighted by Crippen LogP contribution is 2.36. The molecule has 0 saturated carbocycles. The molecule has 2 aromatic carbocycles. The Morgan fingerprint density at radius 3 is 2.66 bits per heavy atom. The first-order valence-corrected chi connectivity index (χ1v) is 11.6. The van der Waals surface area contributed by atoms with Gasteiger partial charge in [-0.3, -0.25) is 4.79 Å². The van der Waals surface area contributed by atoms with Gasteiger partial charge in [-0.2, -0.15) is 0 Å². The monoisotopic (exact) mass is 447 g/mol. The number of fused-ring (bicyclic) bond motifs is 2. The van der Waals surface area contributed by atoms with Gasteiger partial charge < -0.3 is 18.9 Å². The number of benzene rings is 2. The summed E-state index contributed by atoms with van der Waals surface area (Å²) >= 11 is 1.76. The van der Waals surface area contributed by atoms with Gasteiger partial charge in [-0.15, -0.1) is 11.3 Å². The maximum Gasteiger partial charge on any atom is 0.276 e. The van der Waals surface area contributed by atoms with Gasteiger partial charge in [0.25, 0.3) is 5.91 Å². The molecular weight excluding hydrogens is 426 g/mol. The van der Waals surface area contributed by atoms with E-state index in [2.05, 4.69) is 17.3 Å². The van der Waals surface area contributed by atoms with Crippen LogP contribution < -0.4 is 9.47 Å². The summed E-state index contributed by atoms with van der Waals surface area (Å²) in [4.78, 5) is 19.7. The van der Waals surface area contributed by atoms with Gasteiger partial charge in [0.1, 0.15) is 13.2 Å². The van der Waals surface area contributed by atoms with Gasteiger partial charge in [-0.25, -0.2) is 4.98 Å². The van der Waals surface area contributed by atoms with Crippen LogP contribution in [0.2, 0.25) is 0 Å². The maximum absolute atomic E-state index is 13.0. The minimum absolute atomic E-state index is 0.0970. The molecule has 2 aromatic heterocycles. The van der Waals surface area contributed by atoms with Gasteiger partial charge in [0.15, 0.2) is 23.0 Å². The third-order valence-electron chi connectivity index (χ3n) is 6.00. The molecule has 2 aliphatic heterocycles. The van der Waals surface area contributed by atoms with Crippen LogP contribution >= 0.6 is 11.3 Å². The van der Waals surface area contributed by atoms with Crippen molar-refractivity contribution < 1.29 is 18.8 Å². The molecule has 8 heteroatoms. The summed E-state index contributed by atoms with van der Waals surface area (Å²) in [6.45, 7) is 2.43. The number of rotatable bonds is 3. The number of nitrogens with zero attached hydrogens (tertiary/aromatic N) is 3. The van der Waals surface area contributed by atoms with E-state index in [1.54, 1.807) is 17.4 Å². The van der Waals surface area contributed by atoms with E-state index in [9.17, 15) is 4.79 Å². The van der Waals surface area contributed by atoms with Crippen LogP contribution in [0.25, 0.3) is 21.5 Å². The smallest absolute Gasteiger partial charge is 0.276 e. The average Bonchev–Trinajstić information content (AvgIpc) is 3.51. The van der Waals surface area contributed by atoms with Crippen molar-refractivity contribution in [2.24, 2.45) is 0 Å². The Morgan fingerprint density at radius 1 is 1.00 bits per heavy atom. The lowest BCUT2D eigenvalue weighted by Crippen LogP contribution is -2.38. The van der Waals surface area contributed by atoms with Crippen LogP contribution in [0.1, 0.15) is 34.3 Å². The molecule has 7 nitrogen and oxygen atoms in total. The topological polar surface area (TPSA) is 77.7 Å². The molecule has 0 N–H and O–H groups in total. The maximum atomic E-state index is 13.0. The highest BCUT2D eigenvalue weighted by atomic mass is 32.1. The first-order chi connectivity index (χ1) is 15.7. The molecule has 0 radical (unpaired) electrons. The van der Waals surface area contributed by atoms with E-state index in [0.717, 1.165) is 23.9 Å². The number of ether oxygens (including phenoxy) is 2. The summed E-state index contributed by atoms with van der Waals surface area (Å²) in [6.07, 6.45) is 1.80. The predicted octanol–water partition coefficient (Wildman–Crippen LogP) is 4.74. The van der Waals surface area contributed by atoms with Crippen molar-refractivity contribution in [1.82, 2.24) is 15.0 Å². The van der Waals surface area contributed by atoms with E-state index in [0.29, 0.717) is 55.2 Å². The lowest BCUT2D eigenvalue weighted by Gasteiger charge is -2.30. The Labute approximate surface area is 188 Å². The summed E-state index contributed by atoms with van der Waals surface area (Å²) in [5, 5.41) is 5.20.